The Balaban J connectivity index is 1.34. The second kappa shape index (κ2) is 9.26. The first-order valence-corrected chi connectivity index (χ1v) is 10.5. The minimum absolute atomic E-state index is 0.220. The van der Waals surface area contributed by atoms with Gasteiger partial charge in [0.1, 0.15) is 17.3 Å². The summed E-state index contributed by atoms with van der Waals surface area (Å²) in [6.07, 6.45) is 4.78. The molecule has 0 aliphatic carbocycles. The summed E-state index contributed by atoms with van der Waals surface area (Å²) in [5.74, 6) is 0.315. The highest BCUT2D eigenvalue weighted by Crippen LogP contribution is 2.27. The second-order valence-corrected chi connectivity index (χ2v) is 7.78. The van der Waals surface area contributed by atoms with Gasteiger partial charge in [-0.05, 0) is 50.2 Å². The van der Waals surface area contributed by atoms with Crippen molar-refractivity contribution in [2.24, 2.45) is 0 Å². The Morgan fingerprint density at radius 2 is 1.90 bits per heavy atom. The Kier molecular flexibility index (Phi) is 6.28. The van der Waals surface area contributed by atoms with Crippen LogP contribution in [0, 0.1) is 5.82 Å². The van der Waals surface area contributed by atoms with Crippen molar-refractivity contribution in [3.05, 3.63) is 71.6 Å². The molecule has 1 fully saturated rings. The molecular weight excluding hydrogens is 381 g/mol. The molecular formula is C23H26FN5O. The molecule has 1 aliphatic rings. The number of piperidine rings is 1. The maximum atomic E-state index is 13.9. The SMILES string of the molecule is CCC(=O)Cc1cccc(C2CCN(Cc3cn(-c4ccccc4F)nn3)CC2)n1. The summed E-state index contributed by atoms with van der Waals surface area (Å²) in [4.78, 5) is 18.8. The Labute approximate surface area is 175 Å². The van der Waals surface area contributed by atoms with Gasteiger partial charge in [-0.3, -0.25) is 14.7 Å². The topological polar surface area (TPSA) is 63.9 Å². The highest BCUT2D eigenvalue weighted by Gasteiger charge is 2.23. The fourth-order valence-corrected chi connectivity index (χ4v) is 3.89. The van der Waals surface area contributed by atoms with E-state index in [1.165, 1.54) is 10.7 Å². The van der Waals surface area contributed by atoms with E-state index in [4.69, 9.17) is 4.98 Å². The molecule has 0 radical (unpaired) electrons. The average molecular weight is 407 g/mol. The van der Waals surface area contributed by atoms with Crippen LogP contribution in [0.5, 0.6) is 0 Å². The predicted molar refractivity (Wildman–Crippen MR) is 112 cm³/mol. The van der Waals surface area contributed by atoms with E-state index in [0.29, 0.717) is 31.0 Å². The Hall–Kier alpha value is -2.93. The van der Waals surface area contributed by atoms with Crippen molar-refractivity contribution in [2.45, 2.75) is 45.1 Å². The van der Waals surface area contributed by atoms with Crippen molar-refractivity contribution in [3.8, 4) is 5.69 Å². The molecule has 7 heteroatoms. The Morgan fingerprint density at radius 1 is 1.10 bits per heavy atom. The zero-order valence-corrected chi connectivity index (χ0v) is 17.2. The largest absolute Gasteiger partial charge is 0.299 e. The van der Waals surface area contributed by atoms with Gasteiger partial charge >= 0.3 is 0 Å². The summed E-state index contributed by atoms with van der Waals surface area (Å²) < 4.78 is 15.4. The first kappa shape index (κ1) is 20.3. The number of nitrogens with zero attached hydrogens (tertiary/aromatic N) is 5. The van der Waals surface area contributed by atoms with Crippen LogP contribution >= 0.6 is 0 Å². The summed E-state index contributed by atoms with van der Waals surface area (Å²) >= 11 is 0. The summed E-state index contributed by atoms with van der Waals surface area (Å²) in [7, 11) is 0. The summed E-state index contributed by atoms with van der Waals surface area (Å²) in [6.45, 7) is 4.46. The number of aromatic nitrogens is 4. The van der Waals surface area contributed by atoms with Crippen LogP contribution in [0.2, 0.25) is 0 Å². The molecule has 1 saturated heterocycles. The fraction of sp³-hybridized carbons (Fsp3) is 0.391. The number of para-hydroxylation sites is 1. The van der Waals surface area contributed by atoms with Gasteiger partial charge in [0.15, 0.2) is 0 Å². The Morgan fingerprint density at radius 3 is 2.67 bits per heavy atom. The van der Waals surface area contributed by atoms with Crippen molar-refractivity contribution >= 4 is 5.78 Å². The predicted octanol–water partition coefficient (Wildman–Crippen LogP) is 3.70. The molecule has 2 aromatic heterocycles. The quantitative estimate of drug-likeness (QED) is 0.598. The molecule has 0 atom stereocenters. The van der Waals surface area contributed by atoms with Crippen molar-refractivity contribution in [3.63, 3.8) is 0 Å². The van der Waals surface area contributed by atoms with E-state index in [1.54, 1.807) is 24.4 Å². The third-order valence-corrected chi connectivity index (χ3v) is 5.63. The molecule has 0 unspecified atom stereocenters. The van der Waals surface area contributed by atoms with Crippen molar-refractivity contribution in [1.82, 2.24) is 24.9 Å². The number of benzene rings is 1. The number of rotatable bonds is 7. The van der Waals surface area contributed by atoms with Gasteiger partial charge in [-0.1, -0.05) is 30.3 Å². The maximum absolute atomic E-state index is 13.9. The van der Waals surface area contributed by atoms with Gasteiger partial charge in [-0.15, -0.1) is 5.10 Å². The van der Waals surface area contributed by atoms with Crippen LogP contribution in [0.25, 0.3) is 5.69 Å². The standard InChI is InChI=1S/C23H26FN5O/c1-2-20(30)14-18-6-5-8-22(25-18)17-10-12-28(13-11-17)15-19-16-29(27-26-19)23-9-4-3-7-21(23)24/h3-9,16-17H,2,10-15H2,1H3. The third kappa shape index (κ3) is 4.79. The molecule has 30 heavy (non-hydrogen) atoms. The van der Waals surface area contributed by atoms with Crippen LogP contribution in [0.4, 0.5) is 4.39 Å². The lowest BCUT2D eigenvalue weighted by atomic mass is 9.92. The zero-order valence-electron chi connectivity index (χ0n) is 17.2. The molecule has 0 saturated carbocycles. The van der Waals surface area contributed by atoms with Crippen LogP contribution in [0.15, 0.2) is 48.7 Å². The first-order chi connectivity index (χ1) is 14.6. The van der Waals surface area contributed by atoms with E-state index in [2.05, 4.69) is 21.3 Å². The first-order valence-electron chi connectivity index (χ1n) is 10.5. The van der Waals surface area contributed by atoms with Crippen LogP contribution in [-0.4, -0.2) is 43.8 Å². The monoisotopic (exact) mass is 407 g/mol. The number of halogens is 1. The number of ketones is 1. The van der Waals surface area contributed by atoms with E-state index >= 15 is 0 Å². The molecule has 3 heterocycles. The molecule has 0 bridgehead atoms. The van der Waals surface area contributed by atoms with E-state index in [-0.39, 0.29) is 11.6 Å². The van der Waals surface area contributed by atoms with Gasteiger partial charge < -0.3 is 0 Å². The average Bonchev–Trinajstić information content (AvgIpc) is 3.23. The lowest BCUT2D eigenvalue weighted by Gasteiger charge is -2.31. The number of carbonyl (C=O) groups is 1. The number of Topliss-reactive ketones (excluding diaryl/α,β-unsaturated/α-hetero) is 1. The molecule has 0 amide bonds. The third-order valence-electron chi connectivity index (χ3n) is 5.63. The minimum atomic E-state index is -0.315. The van der Waals surface area contributed by atoms with Gasteiger partial charge in [0.05, 0.1) is 11.9 Å². The number of hydrogen-bond donors (Lipinski definition) is 0. The fourth-order valence-electron chi connectivity index (χ4n) is 3.89. The summed E-state index contributed by atoms with van der Waals surface area (Å²) in [6, 6.07) is 12.6. The van der Waals surface area contributed by atoms with Crippen molar-refractivity contribution < 1.29 is 9.18 Å². The number of likely N-dealkylation sites (tertiary alicyclic amines) is 1. The van der Waals surface area contributed by atoms with E-state index < -0.39 is 0 Å². The van der Waals surface area contributed by atoms with Gasteiger partial charge in [-0.2, -0.15) is 0 Å². The number of hydrogen-bond acceptors (Lipinski definition) is 5. The highest BCUT2D eigenvalue weighted by atomic mass is 19.1. The van der Waals surface area contributed by atoms with Crippen LogP contribution < -0.4 is 0 Å². The lowest BCUT2D eigenvalue weighted by Crippen LogP contribution is -2.32. The molecule has 0 N–H and O–H groups in total. The van der Waals surface area contributed by atoms with Gasteiger partial charge in [0, 0.05) is 36.7 Å². The number of carbonyl (C=O) groups excluding carboxylic acids is 1. The smallest absolute Gasteiger partial charge is 0.148 e. The maximum Gasteiger partial charge on any atom is 0.148 e. The second-order valence-electron chi connectivity index (χ2n) is 7.78. The van der Waals surface area contributed by atoms with Crippen LogP contribution in [0.1, 0.15) is 49.2 Å². The van der Waals surface area contributed by atoms with Gasteiger partial charge in [-0.25, -0.2) is 9.07 Å². The lowest BCUT2D eigenvalue weighted by molar-refractivity contribution is -0.118. The molecule has 4 rings (SSSR count). The molecule has 1 aliphatic heterocycles. The molecule has 3 aromatic rings. The summed E-state index contributed by atoms with van der Waals surface area (Å²) in [5.41, 5.74) is 3.19. The zero-order chi connectivity index (χ0) is 20.9. The minimum Gasteiger partial charge on any atom is -0.299 e. The van der Waals surface area contributed by atoms with Crippen LogP contribution in [-0.2, 0) is 17.8 Å². The highest BCUT2D eigenvalue weighted by molar-refractivity contribution is 5.80. The number of pyridine rings is 1. The van der Waals surface area contributed by atoms with E-state index in [0.717, 1.165) is 43.0 Å². The van der Waals surface area contributed by atoms with E-state index in [1.807, 2.05) is 19.1 Å². The molecule has 0 spiro atoms. The van der Waals surface area contributed by atoms with Crippen molar-refractivity contribution in [1.29, 1.82) is 0 Å². The van der Waals surface area contributed by atoms with Gasteiger partial charge in [0.2, 0.25) is 0 Å². The molecule has 156 valence electrons. The van der Waals surface area contributed by atoms with Gasteiger partial charge in [0.25, 0.3) is 0 Å². The van der Waals surface area contributed by atoms with Crippen LogP contribution in [0.3, 0.4) is 0 Å². The van der Waals surface area contributed by atoms with E-state index in [9.17, 15) is 9.18 Å². The van der Waals surface area contributed by atoms with Crippen molar-refractivity contribution in [2.75, 3.05) is 13.1 Å². The normalized spacial score (nSPS) is 15.4. The molecule has 6 nitrogen and oxygen atoms in total. The Bertz CT molecular complexity index is 1010. The summed E-state index contributed by atoms with van der Waals surface area (Å²) in [5, 5.41) is 8.29. The molecule has 1 aromatic carbocycles.